The summed E-state index contributed by atoms with van der Waals surface area (Å²) in [5.41, 5.74) is 3.84. The molecule has 4 amide bonds. The van der Waals surface area contributed by atoms with E-state index in [0.29, 0.717) is 51.0 Å². The van der Waals surface area contributed by atoms with Crippen LogP contribution >= 0.6 is 0 Å². The van der Waals surface area contributed by atoms with E-state index < -0.39 is 29.7 Å². The van der Waals surface area contributed by atoms with E-state index in [-0.39, 0.29) is 29.4 Å². The number of amides is 4. The zero-order valence-electron chi connectivity index (χ0n) is 29.8. The maximum atomic E-state index is 13.3. The molecule has 1 aromatic heterocycles. The monoisotopic (exact) mass is 718 g/mol. The van der Waals surface area contributed by atoms with Gasteiger partial charge in [0.05, 0.1) is 36.6 Å². The fourth-order valence-electron chi connectivity index (χ4n) is 6.79. The first-order valence-electron chi connectivity index (χ1n) is 17.9. The van der Waals surface area contributed by atoms with Crippen molar-refractivity contribution in [1.82, 2.24) is 20.2 Å². The van der Waals surface area contributed by atoms with Crippen molar-refractivity contribution in [1.29, 1.82) is 0 Å². The van der Waals surface area contributed by atoms with Crippen molar-refractivity contribution >= 4 is 35.3 Å². The SMILES string of the molecule is CC(C)(c1ccc(OCCCNc2cccc3c2C(=O)N(C2CCC(=O)NC2=O)C3=O)cc1)c1ccc(OCc2ccnc(N3CCOCC3)n2)cc1. The molecule has 4 aromatic rings. The number of rotatable bonds is 13. The molecule has 2 N–H and O–H groups in total. The third kappa shape index (κ3) is 7.70. The molecule has 7 rings (SSSR count). The number of nitrogens with one attached hydrogen (secondary N) is 2. The van der Waals surface area contributed by atoms with Crippen LogP contribution in [-0.4, -0.2) is 84.0 Å². The number of anilines is 2. The summed E-state index contributed by atoms with van der Waals surface area (Å²) in [6.45, 7) is 8.55. The lowest BCUT2D eigenvalue weighted by Crippen LogP contribution is -2.54. The van der Waals surface area contributed by atoms with Gasteiger partial charge < -0.3 is 24.4 Å². The Morgan fingerprint density at radius 3 is 2.28 bits per heavy atom. The molecule has 3 aliphatic rings. The summed E-state index contributed by atoms with van der Waals surface area (Å²) in [4.78, 5) is 62.6. The van der Waals surface area contributed by atoms with Crippen molar-refractivity contribution in [3.8, 4) is 11.5 Å². The van der Waals surface area contributed by atoms with Gasteiger partial charge in [-0.05, 0) is 66.4 Å². The second-order valence-corrected chi connectivity index (χ2v) is 13.7. The van der Waals surface area contributed by atoms with Crippen LogP contribution in [0.4, 0.5) is 11.6 Å². The van der Waals surface area contributed by atoms with Gasteiger partial charge in [0.25, 0.3) is 11.8 Å². The van der Waals surface area contributed by atoms with E-state index in [1.54, 1.807) is 24.4 Å². The molecule has 2 fully saturated rings. The molecule has 0 saturated carbocycles. The third-order valence-corrected chi connectivity index (χ3v) is 9.91. The second kappa shape index (κ2) is 15.4. The van der Waals surface area contributed by atoms with Gasteiger partial charge in [-0.15, -0.1) is 0 Å². The van der Waals surface area contributed by atoms with Crippen molar-refractivity contribution in [2.75, 3.05) is 49.7 Å². The van der Waals surface area contributed by atoms with E-state index in [0.717, 1.165) is 46.3 Å². The first-order chi connectivity index (χ1) is 25.7. The highest BCUT2D eigenvalue weighted by Crippen LogP contribution is 2.34. The second-order valence-electron chi connectivity index (χ2n) is 13.7. The van der Waals surface area contributed by atoms with Crippen LogP contribution in [0.25, 0.3) is 0 Å². The summed E-state index contributed by atoms with van der Waals surface area (Å²) in [6, 6.07) is 22.1. The minimum Gasteiger partial charge on any atom is -0.494 e. The smallest absolute Gasteiger partial charge is 0.264 e. The maximum Gasteiger partial charge on any atom is 0.264 e. The number of carbonyl (C=O) groups excluding carboxylic acids is 4. The van der Waals surface area contributed by atoms with Gasteiger partial charge in [-0.1, -0.05) is 44.2 Å². The molecular weight excluding hydrogens is 676 g/mol. The van der Waals surface area contributed by atoms with Gasteiger partial charge in [-0.25, -0.2) is 9.97 Å². The maximum absolute atomic E-state index is 13.3. The first kappa shape index (κ1) is 35.6. The predicted octanol–water partition coefficient (Wildman–Crippen LogP) is 4.50. The number of morpholine rings is 1. The Labute approximate surface area is 307 Å². The van der Waals surface area contributed by atoms with Crippen LogP contribution in [0.3, 0.4) is 0 Å². The lowest BCUT2D eigenvalue weighted by Gasteiger charge is -2.27. The zero-order valence-corrected chi connectivity index (χ0v) is 29.8. The quantitative estimate of drug-likeness (QED) is 0.149. The van der Waals surface area contributed by atoms with Gasteiger partial charge in [0.1, 0.15) is 24.1 Å². The number of hydrogen-bond acceptors (Lipinski definition) is 11. The van der Waals surface area contributed by atoms with Crippen molar-refractivity contribution in [3.63, 3.8) is 0 Å². The number of ether oxygens (including phenoxy) is 3. The average molecular weight is 719 g/mol. The molecule has 53 heavy (non-hydrogen) atoms. The van der Waals surface area contributed by atoms with Gasteiger partial charge in [-0.3, -0.25) is 29.4 Å². The number of fused-ring (bicyclic) bond motifs is 1. The minimum absolute atomic E-state index is 0.0729. The summed E-state index contributed by atoms with van der Waals surface area (Å²) >= 11 is 0. The Morgan fingerprint density at radius 1 is 0.887 bits per heavy atom. The van der Waals surface area contributed by atoms with E-state index in [1.807, 2.05) is 30.3 Å². The van der Waals surface area contributed by atoms with Crippen LogP contribution in [0, 0.1) is 0 Å². The lowest BCUT2D eigenvalue weighted by molar-refractivity contribution is -0.136. The van der Waals surface area contributed by atoms with E-state index in [1.165, 1.54) is 0 Å². The van der Waals surface area contributed by atoms with Crippen LogP contribution < -0.4 is 25.0 Å². The van der Waals surface area contributed by atoms with Crippen LogP contribution in [0.2, 0.25) is 0 Å². The molecule has 0 bridgehead atoms. The normalized spacial score (nSPS) is 17.4. The number of carbonyl (C=O) groups is 4. The van der Waals surface area contributed by atoms with Gasteiger partial charge in [0.15, 0.2) is 0 Å². The van der Waals surface area contributed by atoms with Crippen LogP contribution in [0.5, 0.6) is 11.5 Å². The molecule has 13 nitrogen and oxygen atoms in total. The highest BCUT2D eigenvalue weighted by Gasteiger charge is 2.45. The number of aromatic nitrogens is 2. The molecule has 4 heterocycles. The van der Waals surface area contributed by atoms with Crippen molar-refractivity contribution in [2.24, 2.45) is 0 Å². The molecule has 13 heteroatoms. The van der Waals surface area contributed by atoms with Gasteiger partial charge >= 0.3 is 0 Å². The molecule has 0 radical (unpaired) electrons. The lowest BCUT2D eigenvalue weighted by atomic mass is 9.78. The van der Waals surface area contributed by atoms with Gasteiger partial charge in [0.2, 0.25) is 17.8 Å². The summed E-state index contributed by atoms with van der Waals surface area (Å²) < 4.78 is 17.5. The first-order valence-corrected chi connectivity index (χ1v) is 17.9. The Kier molecular flexibility index (Phi) is 10.4. The van der Waals surface area contributed by atoms with E-state index >= 15 is 0 Å². The van der Waals surface area contributed by atoms with Crippen LogP contribution in [0.1, 0.15) is 70.6 Å². The van der Waals surface area contributed by atoms with Gasteiger partial charge in [-0.2, -0.15) is 0 Å². The third-order valence-electron chi connectivity index (χ3n) is 9.91. The summed E-state index contributed by atoms with van der Waals surface area (Å²) in [5, 5.41) is 5.47. The molecule has 274 valence electrons. The minimum atomic E-state index is -1.00. The molecular formula is C40H42N6O7. The van der Waals surface area contributed by atoms with Crippen molar-refractivity contribution < 1.29 is 33.4 Å². The predicted molar refractivity (Wildman–Crippen MR) is 196 cm³/mol. The molecule has 3 aliphatic heterocycles. The van der Waals surface area contributed by atoms with Gasteiger partial charge in [0, 0.05) is 43.4 Å². The standard InChI is InChI=1S/C40H42N6O7/c1-40(2,27-9-13-30(14-10-27)53-25-28-17-19-42-39(43-28)45-20-23-51-24-21-45)26-7-11-29(12-8-26)52-22-4-18-41-32-6-3-5-31-35(32)38(50)46(37(31)49)33-15-16-34(47)44-36(33)48/h3,5-14,17,19,33,41H,4,15-16,18,20-25H2,1-2H3,(H,44,47,48). The van der Waals surface area contributed by atoms with E-state index in [2.05, 4.69) is 63.6 Å². The molecule has 3 aromatic carbocycles. The molecule has 1 unspecified atom stereocenters. The van der Waals surface area contributed by atoms with Crippen molar-refractivity contribution in [3.05, 3.63) is 107 Å². The molecule has 2 saturated heterocycles. The topological polar surface area (TPSA) is 152 Å². The van der Waals surface area contributed by atoms with E-state index in [9.17, 15) is 19.2 Å². The Bertz CT molecular complexity index is 1990. The number of imide groups is 2. The van der Waals surface area contributed by atoms with Crippen LogP contribution in [0.15, 0.2) is 79.0 Å². The zero-order chi connectivity index (χ0) is 37.0. The van der Waals surface area contributed by atoms with Crippen molar-refractivity contribution in [2.45, 2.75) is 51.2 Å². The average Bonchev–Trinajstić information content (AvgIpc) is 3.43. The molecule has 0 spiro atoms. The highest BCUT2D eigenvalue weighted by atomic mass is 16.5. The molecule has 0 aliphatic carbocycles. The number of hydrogen-bond donors (Lipinski definition) is 2. The Hall–Kier alpha value is -5.82. The summed E-state index contributed by atoms with van der Waals surface area (Å²) in [7, 11) is 0. The number of piperidine rings is 1. The van der Waals surface area contributed by atoms with E-state index in [4.69, 9.17) is 14.2 Å². The van der Waals surface area contributed by atoms with Crippen LogP contribution in [-0.2, 0) is 26.3 Å². The highest BCUT2D eigenvalue weighted by molar-refractivity contribution is 6.25. The Morgan fingerprint density at radius 2 is 1.58 bits per heavy atom. The fourth-order valence-corrected chi connectivity index (χ4v) is 6.79. The summed E-state index contributed by atoms with van der Waals surface area (Å²) in [5.74, 6) is 0.103. The largest absolute Gasteiger partial charge is 0.494 e. The fraction of sp³-hybridized carbons (Fsp3) is 0.350. The summed E-state index contributed by atoms with van der Waals surface area (Å²) in [6.07, 6.45) is 2.59. The Balaban J connectivity index is 0.882. The molecule has 1 atom stereocenters. The number of nitrogens with zero attached hydrogens (tertiary/aromatic N) is 4. The number of benzene rings is 3.